The van der Waals surface area contributed by atoms with E-state index in [4.69, 9.17) is 24.3 Å². The van der Waals surface area contributed by atoms with Crippen LogP contribution in [-0.2, 0) is 32.7 Å². The monoisotopic (exact) mass is 902 g/mol. The largest absolute Gasteiger partial charge is 0.472 e. The third kappa shape index (κ3) is 48.5. The Morgan fingerprint density at radius 1 is 0.492 bits per heavy atom. The Balaban J connectivity index is 4.05. The van der Waals surface area contributed by atoms with Gasteiger partial charge in [0.1, 0.15) is 6.61 Å². The summed E-state index contributed by atoms with van der Waals surface area (Å²) in [6.07, 6.45) is 62.0. The van der Waals surface area contributed by atoms with Crippen molar-refractivity contribution in [1.82, 2.24) is 0 Å². The van der Waals surface area contributed by atoms with Gasteiger partial charge in [-0.05, 0) is 89.9 Å². The number of allylic oxidation sites excluding steroid dienone is 14. The topological polar surface area (TPSA) is 134 Å². The molecule has 0 aromatic rings. The maximum absolute atomic E-state index is 12.6. The van der Waals surface area contributed by atoms with E-state index in [0.29, 0.717) is 6.42 Å². The molecule has 0 aliphatic rings. The minimum Gasteiger partial charge on any atom is -0.462 e. The lowest BCUT2D eigenvalue weighted by atomic mass is 10.0. The smallest absolute Gasteiger partial charge is 0.462 e. The van der Waals surface area contributed by atoms with Crippen LogP contribution in [0.3, 0.4) is 0 Å². The van der Waals surface area contributed by atoms with Crippen molar-refractivity contribution in [2.75, 3.05) is 26.4 Å². The maximum atomic E-state index is 12.6. The van der Waals surface area contributed by atoms with Crippen molar-refractivity contribution >= 4 is 19.8 Å². The van der Waals surface area contributed by atoms with E-state index >= 15 is 0 Å². The fourth-order valence-electron chi connectivity index (χ4n) is 6.57. The Kier molecular flexibility index (Phi) is 46.5. The molecule has 0 bridgehead atoms. The zero-order valence-corrected chi connectivity index (χ0v) is 40.9. The number of carbonyl (C=O) groups is 2. The molecule has 2 atom stereocenters. The molecule has 10 heteroatoms. The second-order valence-electron chi connectivity index (χ2n) is 16.3. The molecule has 0 heterocycles. The average Bonchev–Trinajstić information content (AvgIpc) is 3.27. The fraction of sp³-hybridized carbons (Fsp3) is 0.698. The summed E-state index contributed by atoms with van der Waals surface area (Å²) in [5.74, 6) is -0.883. The Morgan fingerprint density at radius 3 is 1.33 bits per heavy atom. The van der Waals surface area contributed by atoms with Gasteiger partial charge in [-0.15, -0.1) is 0 Å². The molecular formula is C53H92NO8P. The normalized spacial score (nSPS) is 13.9. The maximum Gasteiger partial charge on any atom is 0.472 e. The van der Waals surface area contributed by atoms with Crippen LogP contribution in [0.15, 0.2) is 85.1 Å². The van der Waals surface area contributed by atoms with Crippen LogP contribution in [0.2, 0.25) is 0 Å². The molecule has 0 saturated carbocycles. The number of phosphoric ester groups is 1. The zero-order valence-electron chi connectivity index (χ0n) is 40.0. The highest BCUT2D eigenvalue weighted by atomic mass is 31.2. The minimum absolute atomic E-state index is 0.0424. The summed E-state index contributed by atoms with van der Waals surface area (Å²) in [4.78, 5) is 35.0. The molecule has 9 nitrogen and oxygen atoms in total. The first-order valence-corrected chi connectivity index (χ1v) is 26.6. The third-order valence-electron chi connectivity index (χ3n) is 10.3. The fourth-order valence-corrected chi connectivity index (χ4v) is 7.34. The van der Waals surface area contributed by atoms with E-state index in [1.165, 1.54) is 103 Å². The summed E-state index contributed by atoms with van der Waals surface area (Å²) in [6.45, 7) is 3.55. The standard InChI is InChI=1S/C53H92NO8P/c1-3-5-7-9-11-13-15-17-19-20-21-22-23-24-25-26-27-28-29-30-32-33-35-37-39-41-43-45-52(55)59-49-51(50-61-63(57,58)60-48-47-54)62-53(56)46-44-42-40-38-36-34-31-18-16-14-12-10-8-6-4-2/h6,8,12,14-15,17-18,20-21,23-24,31,36,38,51H,3-5,7,9-11,13,16,19,22,25-30,32-35,37,39-50,54H2,1-2H3,(H,57,58)/b8-6-,14-12-,17-15-,21-20-,24-23-,31-18-,38-36-. The minimum atomic E-state index is -4.40. The van der Waals surface area contributed by atoms with Crippen LogP contribution in [0.5, 0.6) is 0 Å². The Morgan fingerprint density at radius 2 is 0.873 bits per heavy atom. The Labute approximate surface area is 385 Å². The average molecular weight is 902 g/mol. The van der Waals surface area contributed by atoms with Crippen LogP contribution in [0.25, 0.3) is 0 Å². The zero-order chi connectivity index (χ0) is 46.0. The first-order chi connectivity index (χ1) is 30.8. The molecule has 0 aliphatic carbocycles. The second-order valence-corrected chi connectivity index (χ2v) is 17.8. The number of esters is 2. The highest BCUT2D eigenvalue weighted by Gasteiger charge is 2.26. The molecule has 0 amide bonds. The lowest BCUT2D eigenvalue weighted by Gasteiger charge is -2.19. The molecule has 2 unspecified atom stereocenters. The van der Waals surface area contributed by atoms with E-state index < -0.39 is 32.5 Å². The molecule has 362 valence electrons. The molecule has 0 aliphatic heterocycles. The van der Waals surface area contributed by atoms with Gasteiger partial charge in [0.2, 0.25) is 0 Å². The van der Waals surface area contributed by atoms with Crippen LogP contribution in [0.4, 0.5) is 0 Å². The van der Waals surface area contributed by atoms with Crippen molar-refractivity contribution in [1.29, 1.82) is 0 Å². The number of carbonyl (C=O) groups excluding carboxylic acids is 2. The van der Waals surface area contributed by atoms with Gasteiger partial charge in [-0.1, -0.05) is 189 Å². The van der Waals surface area contributed by atoms with Gasteiger partial charge in [0.15, 0.2) is 6.10 Å². The molecule has 0 spiro atoms. The van der Waals surface area contributed by atoms with Gasteiger partial charge >= 0.3 is 19.8 Å². The first kappa shape index (κ1) is 60.2. The number of hydrogen-bond donors (Lipinski definition) is 2. The summed E-state index contributed by atoms with van der Waals surface area (Å²) in [5.41, 5.74) is 5.36. The van der Waals surface area contributed by atoms with E-state index in [1.54, 1.807) is 0 Å². The third-order valence-corrected chi connectivity index (χ3v) is 11.2. The highest BCUT2D eigenvalue weighted by molar-refractivity contribution is 7.47. The number of hydrogen-bond acceptors (Lipinski definition) is 8. The van der Waals surface area contributed by atoms with E-state index in [-0.39, 0.29) is 32.6 Å². The van der Waals surface area contributed by atoms with Gasteiger partial charge < -0.3 is 20.1 Å². The molecule has 0 radical (unpaired) electrons. The van der Waals surface area contributed by atoms with Gasteiger partial charge in [-0.25, -0.2) is 4.57 Å². The van der Waals surface area contributed by atoms with Gasteiger partial charge in [0, 0.05) is 19.4 Å². The Bertz CT molecular complexity index is 1300. The number of nitrogens with two attached hydrogens (primary N) is 1. The van der Waals surface area contributed by atoms with Crippen molar-refractivity contribution in [2.45, 2.75) is 213 Å². The molecule has 0 aromatic heterocycles. The predicted octanol–water partition coefficient (Wildman–Crippen LogP) is 15.2. The summed E-state index contributed by atoms with van der Waals surface area (Å²) in [5, 5.41) is 0. The second kappa shape index (κ2) is 48.6. The molecule has 0 fully saturated rings. The lowest BCUT2D eigenvalue weighted by molar-refractivity contribution is -0.161. The molecular weight excluding hydrogens is 810 g/mol. The van der Waals surface area contributed by atoms with Gasteiger partial charge in [-0.2, -0.15) is 0 Å². The number of ether oxygens (including phenoxy) is 2. The molecule has 0 aromatic carbocycles. The van der Waals surface area contributed by atoms with E-state index in [0.717, 1.165) is 70.6 Å². The van der Waals surface area contributed by atoms with Crippen molar-refractivity contribution in [3.8, 4) is 0 Å². The molecule has 0 saturated heterocycles. The Hall–Kier alpha value is -2.81. The summed E-state index contributed by atoms with van der Waals surface area (Å²) < 4.78 is 32.8. The van der Waals surface area contributed by atoms with Crippen LogP contribution in [-0.4, -0.2) is 49.3 Å². The number of rotatable bonds is 46. The predicted molar refractivity (Wildman–Crippen MR) is 265 cm³/mol. The summed E-state index contributed by atoms with van der Waals surface area (Å²) in [6, 6.07) is 0. The van der Waals surface area contributed by atoms with Crippen molar-refractivity contribution in [2.24, 2.45) is 5.73 Å². The van der Waals surface area contributed by atoms with E-state index in [9.17, 15) is 19.0 Å². The molecule has 3 N–H and O–H groups in total. The highest BCUT2D eigenvalue weighted by Crippen LogP contribution is 2.43. The van der Waals surface area contributed by atoms with Crippen LogP contribution >= 0.6 is 7.82 Å². The van der Waals surface area contributed by atoms with Gasteiger partial charge in [0.25, 0.3) is 0 Å². The molecule has 0 rings (SSSR count). The van der Waals surface area contributed by atoms with Crippen LogP contribution < -0.4 is 5.73 Å². The van der Waals surface area contributed by atoms with E-state index in [2.05, 4.69) is 98.9 Å². The SMILES string of the molecule is CC/C=C\C/C=C\C/C=C\C/C=C\CCCCC(=O)OC(COC(=O)CCCCCCCCCCCCCC/C=C\C/C=C\C/C=C\CCCCCCC)COP(=O)(O)OCCN. The van der Waals surface area contributed by atoms with Gasteiger partial charge in [-0.3, -0.25) is 18.6 Å². The summed E-state index contributed by atoms with van der Waals surface area (Å²) >= 11 is 0. The number of phosphoric acid groups is 1. The molecule has 63 heavy (non-hydrogen) atoms. The van der Waals surface area contributed by atoms with Crippen LogP contribution in [0, 0.1) is 0 Å². The summed E-state index contributed by atoms with van der Waals surface area (Å²) in [7, 11) is -4.40. The lowest BCUT2D eigenvalue weighted by Crippen LogP contribution is -2.29. The van der Waals surface area contributed by atoms with Gasteiger partial charge in [0.05, 0.1) is 13.2 Å². The quantitative estimate of drug-likeness (QED) is 0.0265. The van der Waals surface area contributed by atoms with Crippen molar-refractivity contribution < 1.29 is 37.6 Å². The van der Waals surface area contributed by atoms with E-state index in [1.807, 2.05) is 0 Å². The van der Waals surface area contributed by atoms with Crippen molar-refractivity contribution in [3.63, 3.8) is 0 Å². The number of unbranched alkanes of at least 4 members (excludes halogenated alkanes) is 19. The first-order valence-electron chi connectivity index (χ1n) is 25.1. The van der Waals surface area contributed by atoms with Crippen molar-refractivity contribution in [3.05, 3.63) is 85.1 Å². The van der Waals surface area contributed by atoms with Crippen LogP contribution in [0.1, 0.15) is 206 Å².